The molecule has 5 heteroatoms. The molecule has 8 heavy (non-hydrogen) atoms. The second kappa shape index (κ2) is 1.43. The Morgan fingerprint density at radius 1 is 1.75 bits per heavy atom. The number of aryl methyl sites for hydroxylation is 2. The summed E-state index contributed by atoms with van der Waals surface area (Å²) in [7, 11) is 3.48. The van der Waals surface area contributed by atoms with E-state index in [4.69, 9.17) is 5.73 Å². The Morgan fingerprint density at radius 3 is 2.50 bits per heavy atom. The topological polar surface area (TPSA) is 60.6 Å². The second-order valence-corrected chi connectivity index (χ2v) is 1.58. The van der Waals surface area contributed by atoms with Crippen LogP contribution in [0.1, 0.15) is 0 Å². The molecule has 1 aromatic heterocycles. The van der Waals surface area contributed by atoms with Gasteiger partial charge < -0.3 is 5.73 Å². The van der Waals surface area contributed by atoms with Crippen LogP contribution in [0, 0.1) is 0 Å². The fraction of sp³-hybridized carbons (Fsp3) is 0.667. The average Bonchev–Trinajstić information content (AvgIpc) is 1.98. The van der Waals surface area contributed by atoms with Crippen molar-refractivity contribution in [1.82, 2.24) is 15.1 Å². The number of anilines is 1. The lowest BCUT2D eigenvalue weighted by Crippen LogP contribution is -2.33. The van der Waals surface area contributed by atoms with Gasteiger partial charge in [-0.2, -0.15) is 0 Å². The molecule has 0 unspecified atom stereocenters. The van der Waals surface area contributed by atoms with Gasteiger partial charge in [0.25, 0.3) is 0 Å². The highest BCUT2D eigenvalue weighted by Gasteiger charge is 2.05. The quantitative estimate of drug-likeness (QED) is 0.406. The van der Waals surface area contributed by atoms with Crippen molar-refractivity contribution in [1.29, 1.82) is 0 Å². The van der Waals surface area contributed by atoms with Crippen LogP contribution in [0.15, 0.2) is 0 Å². The van der Waals surface area contributed by atoms with Gasteiger partial charge in [-0.1, -0.05) is 4.68 Å². The molecule has 1 heterocycles. The Bertz CT molecular complexity index is 170. The number of nitrogens with two attached hydrogens (primary N) is 1. The molecule has 44 valence electrons. The van der Waals surface area contributed by atoms with Gasteiger partial charge in [-0.25, -0.2) is 0 Å². The zero-order valence-electron chi connectivity index (χ0n) is 4.87. The Hall–Kier alpha value is -1.13. The molecular weight excluding hydrogens is 106 g/mol. The van der Waals surface area contributed by atoms with Gasteiger partial charge in [0.2, 0.25) is 0 Å². The normalized spacial score (nSPS) is 9.75. The van der Waals surface area contributed by atoms with Crippen LogP contribution in [0.25, 0.3) is 0 Å². The van der Waals surface area contributed by atoms with Gasteiger partial charge in [-0.3, -0.25) is 0 Å². The maximum Gasteiger partial charge on any atom is 0.362 e. The largest absolute Gasteiger partial charge is 0.362 e. The van der Waals surface area contributed by atoms with Crippen LogP contribution < -0.4 is 10.4 Å². The summed E-state index contributed by atoms with van der Waals surface area (Å²) in [5, 5.41) is 7.24. The fourth-order valence-corrected chi connectivity index (χ4v) is 0.421. The van der Waals surface area contributed by atoms with E-state index in [-0.39, 0.29) is 0 Å². The Balaban J connectivity index is 3.19. The van der Waals surface area contributed by atoms with E-state index in [0.717, 1.165) is 0 Å². The number of tetrazole rings is 1. The molecule has 0 saturated heterocycles. The minimum atomic E-state index is 0.546. The molecule has 0 aliphatic heterocycles. The minimum Gasteiger partial charge on any atom is -0.306 e. The molecule has 0 aliphatic carbocycles. The number of hydrogen-bond donors (Lipinski definition) is 1. The zero-order valence-corrected chi connectivity index (χ0v) is 4.87. The molecule has 0 atom stereocenters. The lowest BCUT2D eigenvalue weighted by atomic mass is 11.0. The lowest BCUT2D eigenvalue weighted by Gasteiger charge is -1.79. The van der Waals surface area contributed by atoms with E-state index in [0.29, 0.717) is 5.95 Å². The summed E-state index contributed by atoms with van der Waals surface area (Å²) < 4.78 is 3.00. The maximum atomic E-state index is 5.40. The zero-order chi connectivity index (χ0) is 6.15. The average molecular weight is 114 g/mol. The van der Waals surface area contributed by atoms with Crippen LogP contribution in [-0.2, 0) is 14.1 Å². The van der Waals surface area contributed by atoms with E-state index < -0.39 is 0 Å². The van der Waals surface area contributed by atoms with Crippen molar-refractivity contribution in [2.24, 2.45) is 14.1 Å². The van der Waals surface area contributed by atoms with Crippen molar-refractivity contribution < 1.29 is 4.68 Å². The highest BCUT2D eigenvalue weighted by molar-refractivity contribution is 5.00. The molecule has 0 amide bonds. The van der Waals surface area contributed by atoms with E-state index in [9.17, 15) is 0 Å². The third-order valence-electron chi connectivity index (χ3n) is 0.971. The molecule has 1 rings (SSSR count). The number of nitrogens with zero attached hydrogens (tertiary/aromatic N) is 4. The van der Waals surface area contributed by atoms with Gasteiger partial charge in [0.1, 0.15) is 5.21 Å². The summed E-state index contributed by atoms with van der Waals surface area (Å²) in [5.41, 5.74) is 5.40. The van der Waals surface area contributed by atoms with Crippen LogP contribution in [0.2, 0.25) is 0 Å². The van der Waals surface area contributed by atoms with Gasteiger partial charge in [0.15, 0.2) is 0 Å². The predicted molar refractivity (Wildman–Crippen MR) is 26.6 cm³/mol. The van der Waals surface area contributed by atoms with Gasteiger partial charge in [-0.05, 0) is 0 Å². The molecule has 5 nitrogen and oxygen atoms in total. The van der Waals surface area contributed by atoms with Crippen molar-refractivity contribution >= 4 is 5.95 Å². The van der Waals surface area contributed by atoms with E-state index >= 15 is 0 Å². The van der Waals surface area contributed by atoms with Gasteiger partial charge in [-0.15, -0.1) is 4.68 Å². The monoisotopic (exact) mass is 114 g/mol. The highest BCUT2D eigenvalue weighted by Crippen LogP contribution is 1.79. The summed E-state index contributed by atoms with van der Waals surface area (Å²) in [6.45, 7) is 0. The Morgan fingerprint density at radius 2 is 2.38 bits per heavy atom. The van der Waals surface area contributed by atoms with Crippen molar-refractivity contribution in [3.05, 3.63) is 0 Å². The van der Waals surface area contributed by atoms with Crippen LogP contribution in [0.4, 0.5) is 5.95 Å². The number of hydrogen-bond acceptors (Lipinski definition) is 3. The number of rotatable bonds is 0. The van der Waals surface area contributed by atoms with E-state index in [1.807, 2.05) is 0 Å². The molecular formula is C3H8N5+. The molecule has 0 saturated carbocycles. The first-order valence-electron chi connectivity index (χ1n) is 2.23. The van der Waals surface area contributed by atoms with E-state index in [1.54, 1.807) is 14.1 Å². The Labute approximate surface area is 46.7 Å². The van der Waals surface area contributed by atoms with Crippen LogP contribution in [0.3, 0.4) is 0 Å². The molecule has 2 N–H and O–H groups in total. The van der Waals surface area contributed by atoms with E-state index in [1.165, 1.54) is 9.36 Å². The third-order valence-corrected chi connectivity index (χ3v) is 0.971. The summed E-state index contributed by atoms with van der Waals surface area (Å²) >= 11 is 0. The van der Waals surface area contributed by atoms with E-state index in [2.05, 4.69) is 10.4 Å². The summed E-state index contributed by atoms with van der Waals surface area (Å²) in [5.74, 6) is 0.546. The van der Waals surface area contributed by atoms with Crippen LogP contribution in [-0.4, -0.2) is 15.1 Å². The maximum absolute atomic E-state index is 5.40. The second-order valence-electron chi connectivity index (χ2n) is 1.58. The van der Waals surface area contributed by atoms with Crippen molar-refractivity contribution in [3.8, 4) is 0 Å². The van der Waals surface area contributed by atoms with Gasteiger partial charge >= 0.3 is 5.95 Å². The third kappa shape index (κ3) is 0.518. The lowest BCUT2D eigenvalue weighted by molar-refractivity contribution is -0.718. The predicted octanol–water partition coefficient (Wildman–Crippen LogP) is -1.78. The van der Waals surface area contributed by atoms with Gasteiger partial charge in [0.05, 0.1) is 19.3 Å². The highest BCUT2D eigenvalue weighted by atomic mass is 15.6. The smallest absolute Gasteiger partial charge is 0.306 e. The fourth-order valence-electron chi connectivity index (χ4n) is 0.421. The number of nitrogen functional groups attached to an aromatic ring is 1. The molecule has 0 aromatic carbocycles. The molecule has 0 bridgehead atoms. The van der Waals surface area contributed by atoms with Crippen LogP contribution >= 0.6 is 0 Å². The Kier molecular flexibility index (Phi) is 0.896. The molecule has 1 aromatic rings. The molecule has 0 fully saturated rings. The van der Waals surface area contributed by atoms with Crippen molar-refractivity contribution in [2.45, 2.75) is 0 Å². The summed E-state index contributed by atoms with van der Waals surface area (Å²) in [6.07, 6.45) is 0. The summed E-state index contributed by atoms with van der Waals surface area (Å²) in [4.78, 5) is 0. The first kappa shape index (κ1) is 5.02. The standard InChI is InChI=1S/C3H7N5/c1-7-3(4)8(2)6-5-7/h4H,1-2H3/p+1. The molecule has 0 aliphatic rings. The number of aromatic nitrogens is 4. The minimum absolute atomic E-state index is 0.546. The SMILES string of the molecule is Cn1nn[n+](C)c1N. The van der Waals surface area contributed by atoms with Crippen LogP contribution in [0.5, 0.6) is 0 Å². The van der Waals surface area contributed by atoms with Gasteiger partial charge in [0, 0.05) is 0 Å². The van der Waals surface area contributed by atoms with Crippen molar-refractivity contribution in [3.63, 3.8) is 0 Å². The first-order valence-corrected chi connectivity index (χ1v) is 2.23. The van der Waals surface area contributed by atoms with Crippen molar-refractivity contribution in [2.75, 3.05) is 5.73 Å². The molecule has 0 spiro atoms. The molecule has 0 radical (unpaired) electrons. The first-order chi connectivity index (χ1) is 3.72. The summed E-state index contributed by atoms with van der Waals surface area (Å²) in [6, 6.07) is 0.